The van der Waals surface area contributed by atoms with Gasteiger partial charge in [-0.15, -0.1) is 5.10 Å². The number of aromatic nitrogens is 2. The SMILES string of the molecule is CSNc1ccn(C(=O)N2CCN(Cc3ccc(N4CCOCC4)c(Cl)c3)CC2)n1. The minimum Gasteiger partial charge on any atom is -0.378 e. The molecule has 10 heteroatoms. The lowest BCUT2D eigenvalue weighted by molar-refractivity contribution is 0.122. The van der Waals surface area contributed by atoms with Crippen molar-refractivity contribution in [2.45, 2.75) is 6.54 Å². The molecule has 0 bridgehead atoms. The zero-order chi connectivity index (χ0) is 20.9. The summed E-state index contributed by atoms with van der Waals surface area (Å²) in [6.45, 7) is 7.09. The molecule has 0 spiro atoms. The third-order valence-corrected chi connectivity index (χ3v) is 6.12. The molecular formula is C20H27ClN6O2S. The molecule has 4 rings (SSSR count). The third-order valence-electron chi connectivity index (χ3n) is 5.40. The highest BCUT2D eigenvalue weighted by Crippen LogP contribution is 2.28. The van der Waals surface area contributed by atoms with E-state index in [0.29, 0.717) is 18.9 Å². The molecule has 2 aliphatic heterocycles. The first-order valence-electron chi connectivity index (χ1n) is 10.1. The van der Waals surface area contributed by atoms with E-state index < -0.39 is 0 Å². The van der Waals surface area contributed by atoms with Crippen LogP contribution in [0.3, 0.4) is 0 Å². The third kappa shape index (κ3) is 5.03. The lowest BCUT2D eigenvalue weighted by atomic mass is 10.1. The quantitative estimate of drug-likeness (QED) is 0.702. The zero-order valence-electron chi connectivity index (χ0n) is 17.1. The fraction of sp³-hybridized carbons (Fsp3) is 0.500. The summed E-state index contributed by atoms with van der Waals surface area (Å²) in [6.07, 6.45) is 3.62. The lowest BCUT2D eigenvalue weighted by Gasteiger charge is -2.34. The number of benzene rings is 1. The van der Waals surface area contributed by atoms with Gasteiger partial charge in [-0.25, -0.2) is 4.79 Å². The van der Waals surface area contributed by atoms with E-state index >= 15 is 0 Å². The van der Waals surface area contributed by atoms with Gasteiger partial charge in [0, 0.05) is 64.3 Å². The normalized spacial score (nSPS) is 17.9. The van der Waals surface area contributed by atoms with Gasteiger partial charge >= 0.3 is 6.03 Å². The number of anilines is 2. The topological polar surface area (TPSA) is 65.9 Å². The molecule has 0 unspecified atom stereocenters. The van der Waals surface area contributed by atoms with Gasteiger partial charge < -0.3 is 19.3 Å². The van der Waals surface area contributed by atoms with Crippen LogP contribution in [0.25, 0.3) is 0 Å². The maximum Gasteiger partial charge on any atom is 0.344 e. The second-order valence-corrected chi connectivity index (χ2v) is 8.40. The molecule has 8 nitrogen and oxygen atoms in total. The number of rotatable bonds is 5. The van der Waals surface area contributed by atoms with E-state index in [1.807, 2.05) is 11.2 Å². The number of piperazine rings is 1. The van der Waals surface area contributed by atoms with Gasteiger partial charge in [-0.1, -0.05) is 29.6 Å². The molecule has 1 N–H and O–H groups in total. The van der Waals surface area contributed by atoms with Gasteiger partial charge in [-0.05, 0) is 17.7 Å². The minimum atomic E-state index is -0.0817. The number of halogens is 1. The highest BCUT2D eigenvalue weighted by atomic mass is 35.5. The molecule has 0 atom stereocenters. The molecule has 2 aliphatic rings. The average Bonchev–Trinajstić information content (AvgIpc) is 3.23. The summed E-state index contributed by atoms with van der Waals surface area (Å²) >= 11 is 8.02. The fourth-order valence-corrected chi connectivity index (χ4v) is 4.44. The zero-order valence-corrected chi connectivity index (χ0v) is 18.7. The highest BCUT2D eigenvalue weighted by Gasteiger charge is 2.23. The van der Waals surface area contributed by atoms with Crippen LogP contribution in [-0.4, -0.2) is 84.3 Å². The Bertz CT molecular complexity index is 865. The van der Waals surface area contributed by atoms with E-state index in [9.17, 15) is 4.79 Å². The van der Waals surface area contributed by atoms with E-state index in [2.05, 4.69) is 37.8 Å². The average molecular weight is 451 g/mol. The summed E-state index contributed by atoms with van der Waals surface area (Å²) < 4.78 is 9.86. The Hall–Kier alpha value is -1.94. The summed E-state index contributed by atoms with van der Waals surface area (Å²) in [4.78, 5) is 19.1. The van der Waals surface area contributed by atoms with Crippen LogP contribution in [0.1, 0.15) is 5.56 Å². The Morgan fingerprint density at radius 2 is 1.93 bits per heavy atom. The summed E-state index contributed by atoms with van der Waals surface area (Å²) in [5.74, 6) is 0.687. The highest BCUT2D eigenvalue weighted by molar-refractivity contribution is 7.99. The second-order valence-electron chi connectivity index (χ2n) is 7.38. The van der Waals surface area contributed by atoms with Gasteiger partial charge in [-0.3, -0.25) is 4.90 Å². The van der Waals surface area contributed by atoms with Crippen LogP contribution in [0.4, 0.5) is 16.3 Å². The van der Waals surface area contributed by atoms with Crippen molar-refractivity contribution < 1.29 is 9.53 Å². The molecule has 0 aliphatic carbocycles. The number of nitrogens with zero attached hydrogens (tertiary/aromatic N) is 5. The van der Waals surface area contributed by atoms with E-state index in [1.165, 1.54) is 22.2 Å². The van der Waals surface area contributed by atoms with Gasteiger partial charge in [0.25, 0.3) is 0 Å². The Morgan fingerprint density at radius 1 is 1.17 bits per heavy atom. The van der Waals surface area contributed by atoms with E-state index in [4.69, 9.17) is 16.3 Å². The molecule has 30 heavy (non-hydrogen) atoms. The van der Waals surface area contributed by atoms with Crippen molar-refractivity contribution >= 4 is 41.1 Å². The van der Waals surface area contributed by atoms with Crippen LogP contribution in [0, 0.1) is 0 Å². The summed E-state index contributed by atoms with van der Waals surface area (Å²) in [6, 6.07) is 8.04. The lowest BCUT2D eigenvalue weighted by Crippen LogP contribution is -2.49. The van der Waals surface area contributed by atoms with Gasteiger partial charge in [0.15, 0.2) is 5.82 Å². The number of hydrogen-bond acceptors (Lipinski definition) is 7. The summed E-state index contributed by atoms with van der Waals surface area (Å²) in [5, 5.41) is 5.06. The fourth-order valence-electron chi connectivity index (χ4n) is 3.80. The molecule has 162 valence electrons. The molecule has 1 amide bonds. The van der Waals surface area contributed by atoms with Gasteiger partial charge in [0.2, 0.25) is 0 Å². The van der Waals surface area contributed by atoms with Crippen molar-refractivity contribution in [2.24, 2.45) is 0 Å². The van der Waals surface area contributed by atoms with Crippen LogP contribution < -0.4 is 9.62 Å². The van der Waals surface area contributed by atoms with Crippen LogP contribution in [0.2, 0.25) is 5.02 Å². The maximum absolute atomic E-state index is 12.7. The maximum atomic E-state index is 12.7. The molecule has 2 aromatic rings. The monoisotopic (exact) mass is 450 g/mol. The largest absolute Gasteiger partial charge is 0.378 e. The van der Waals surface area contributed by atoms with Crippen LogP contribution in [0.15, 0.2) is 30.5 Å². The predicted molar refractivity (Wildman–Crippen MR) is 121 cm³/mol. The molecule has 2 fully saturated rings. The standard InChI is InChI=1S/C20H27ClN6O2S/c1-30-23-19-4-5-27(22-19)20(28)26-8-6-24(7-9-26)15-16-2-3-18(17(21)14-16)25-10-12-29-13-11-25/h2-5,14H,6-13,15H2,1H3,(H,22,23). The Labute approximate surface area is 186 Å². The first-order chi connectivity index (χ1) is 14.6. The van der Waals surface area contributed by atoms with Gasteiger partial charge in [0.1, 0.15) is 0 Å². The van der Waals surface area contributed by atoms with Crippen LogP contribution in [-0.2, 0) is 11.3 Å². The summed E-state index contributed by atoms with van der Waals surface area (Å²) in [5.41, 5.74) is 2.27. The van der Waals surface area contributed by atoms with Crippen molar-refractivity contribution in [1.29, 1.82) is 0 Å². The number of ether oxygens (including phenoxy) is 1. The first-order valence-corrected chi connectivity index (χ1v) is 11.7. The molecular weight excluding hydrogens is 424 g/mol. The molecule has 1 aromatic carbocycles. The second kappa shape index (κ2) is 9.91. The summed E-state index contributed by atoms with van der Waals surface area (Å²) in [7, 11) is 0. The number of carbonyl (C=O) groups is 1. The molecule has 0 radical (unpaired) electrons. The minimum absolute atomic E-state index is 0.0817. The number of carbonyl (C=O) groups excluding carboxylic acids is 1. The van der Waals surface area contributed by atoms with Crippen molar-refractivity contribution in [2.75, 3.05) is 68.4 Å². The Balaban J connectivity index is 1.30. The van der Waals surface area contributed by atoms with Crippen LogP contribution in [0.5, 0.6) is 0 Å². The number of nitrogens with one attached hydrogen (secondary N) is 1. The van der Waals surface area contributed by atoms with Crippen molar-refractivity contribution in [3.8, 4) is 0 Å². The van der Waals surface area contributed by atoms with E-state index in [1.54, 1.807) is 12.3 Å². The van der Waals surface area contributed by atoms with Crippen molar-refractivity contribution in [3.05, 3.63) is 41.0 Å². The first kappa shape index (κ1) is 21.3. The smallest absolute Gasteiger partial charge is 0.344 e. The van der Waals surface area contributed by atoms with Crippen molar-refractivity contribution in [3.63, 3.8) is 0 Å². The molecule has 0 saturated carbocycles. The number of hydrogen-bond donors (Lipinski definition) is 1. The van der Waals surface area contributed by atoms with Crippen molar-refractivity contribution in [1.82, 2.24) is 19.6 Å². The van der Waals surface area contributed by atoms with Gasteiger partial charge in [-0.2, -0.15) is 4.68 Å². The molecule has 1 aromatic heterocycles. The predicted octanol–water partition coefficient (Wildman–Crippen LogP) is 2.85. The Morgan fingerprint density at radius 3 is 2.63 bits per heavy atom. The van der Waals surface area contributed by atoms with E-state index in [0.717, 1.165) is 56.6 Å². The van der Waals surface area contributed by atoms with E-state index in [-0.39, 0.29) is 6.03 Å². The number of morpholine rings is 1. The van der Waals surface area contributed by atoms with Gasteiger partial charge in [0.05, 0.1) is 23.9 Å². The Kier molecular flexibility index (Phi) is 7.04. The van der Waals surface area contributed by atoms with Crippen LogP contribution >= 0.6 is 23.5 Å². The number of amides is 1. The molecule has 2 saturated heterocycles. The molecule has 3 heterocycles.